The van der Waals surface area contributed by atoms with Crippen LogP contribution in [0.1, 0.15) is 31.7 Å². The summed E-state index contributed by atoms with van der Waals surface area (Å²) < 4.78 is 30.9. The SMILES string of the molecule is CCC(OS(=O)(=O)c1ccc(C)cc1)C1CCN(c2ccc([N+](=O)[O-])cc2)CC1. The van der Waals surface area contributed by atoms with Gasteiger partial charge in [-0.25, -0.2) is 0 Å². The van der Waals surface area contributed by atoms with E-state index in [1.54, 1.807) is 36.4 Å². The molecule has 1 aliphatic heterocycles. The highest BCUT2D eigenvalue weighted by Gasteiger charge is 2.30. The summed E-state index contributed by atoms with van der Waals surface area (Å²) in [4.78, 5) is 12.7. The smallest absolute Gasteiger partial charge is 0.297 e. The predicted octanol–water partition coefficient (Wildman–Crippen LogP) is 4.30. The van der Waals surface area contributed by atoms with Gasteiger partial charge in [-0.3, -0.25) is 14.3 Å². The zero-order valence-corrected chi connectivity index (χ0v) is 17.5. The number of nitrogens with zero attached hydrogens (tertiary/aromatic N) is 2. The monoisotopic (exact) mass is 418 g/mol. The maximum absolute atomic E-state index is 12.6. The Labute approximate surface area is 171 Å². The Morgan fingerprint density at radius 3 is 2.21 bits per heavy atom. The molecule has 0 aromatic heterocycles. The van der Waals surface area contributed by atoms with Gasteiger partial charge < -0.3 is 4.90 Å². The zero-order valence-electron chi connectivity index (χ0n) is 16.7. The lowest BCUT2D eigenvalue weighted by molar-refractivity contribution is -0.384. The fourth-order valence-electron chi connectivity index (χ4n) is 3.72. The van der Waals surface area contributed by atoms with E-state index in [1.807, 2.05) is 13.8 Å². The maximum atomic E-state index is 12.6. The summed E-state index contributed by atoms with van der Waals surface area (Å²) >= 11 is 0. The van der Waals surface area contributed by atoms with E-state index in [9.17, 15) is 18.5 Å². The Morgan fingerprint density at radius 2 is 1.69 bits per heavy atom. The topological polar surface area (TPSA) is 89.8 Å². The van der Waals surface area contributed by atoms with Gasteiger partial charge in [0.25, 0.3) is 15.8 Å². The van der Waals surface area contributed by atoms with Crippen LogP contribution in [-0.4, -0.2) is 32.5 Å². The molecule has 156 valence electrons. The third-order valence-electron chi connectivity index (χ3n) is 5.45. The van der Waals surface area contributed by atoms with Crippen molar-refractivity contribution in [2.24, 2.45) is 5.92 Å². The lowest BCUT2D eigenvalue weighted by Crippen LogP contribution is -2.39. The van der Waals surface area contributed by atoms with Crippen LogP contribution in [0.2, 0.25) is 0 Å². The molecule has 1 saturated heterocycles. The second-order valence-corrected chi connectivity index (χ2v) is 8.98. The van der Waals surface area contributed by atoms with E-state index in [0.717, 1.165) is 37.2 Å². The molecule has 0 N–H and O–H groups in total. The molecule has 3 rings (SSSR count). The van der Waals surface area contributed by atoms with E-state index in [-0.39, 0.29) is 22.6 Å². The summed E-state index contributed by atoms with van der Waals surface area (Å²) in [7, 11) is -3.79. The molecule has 1 atom stereocenters. The van der Waals surface area contributed by atoms with E-state index in [2.05, 4.69) is 4.90 Å². The highest BCUT2D eigenvalue weighted by Crippen LogP contribution is 2.30. The molecule has 0 spiro atoms. The van der Waals surface area contributed by atoms with Gasteiger partial charge in [-0.05, 0) is 56.4 Å². The van der Waals surface area contributed by atoms with Crippen molar-refractivity contribution >= 4 is 21.5 Å². The number of piperidine rings is 1. The second-order valence-electron chi connectivity index (χ2n) is 7.41. The van der Waals surface area contributed by atoms with Crippen LogP contribution in [0, 0.1) is 23.0 Å². The van der Waals surface area contributed by atoms with E-state index >= 15 is 0 Å². The molecular weight excluding hydrogens is 392 g/mol. The molecule has 1 heterocycles. The molecule has 8 heteroatoms. The van der Waals surface area contributed by atoms with Crippen molar-refractivity contribution in [3.8, 4) is 0 Å². The molecule has 1 unspecified atom stereocenters. The minimum Gasteiger partial charge on any atom is -0.372 e. The molecule has 0 radical (unpaired) electrons. The van der Waals surface area contributed by atoms with Gasteiger partial charge in [-0.15, -0.1) is 0 Å². The third-order valence-corrected chi connectivity index (χ3v) is 6.80. The molecule has 29 heavy (non-hydrogen) atoms. The van der Waals surface area contributed by atoms with Crippen LogP contribution in [0.5, 0.6) is 0 Å². The number of non-ortho nitro benzene ring substituents is 1. The molecule has 1 fully saturated rings. The van der Waals surface area contributed by atoms with Gasteiger partial charge in [-0.1, -0.05) is 24.6 Å². The van der Waals surface area contributed by atoms with Crippen molar-refractivity contribution in [2.75, 3.05) is 18.0 Å². The minimum atomic E-state index is -3.79. The Morgan fingerprint density at radius 1 is 1.10 bits per heavy atom. The molecule has 0 aliphatic carbocycles. The van der Waals surface area contributed by atoms with Gasteiger partial charge in [0.15, 0.2) is 0 Å². The van der Waals surface area contributed by atoms with Crippen LogP contribution in [0.4, 0.5) is 11.4 Å². The highest BCUT2D eigenvalue weighted by atomic mass is 32.2. The Kier molecular flexibility index (Phi) is 6.54. The Balaban J connectivity index is 1.62. The average molecular weight is 419 g/mol. The molecule has 2 aromatic carbocycles. The number of rotatable bonds is 7. The predicted molar refractivity (Wildman–Crippen MR) is 112 cm³/mol. The first-order valence-electron chi connectivity index (χ1n) is 9.79. The van der Waals surface area contributed by atoms with Crippen molar-refractivity contribution in [3.05, 3.63) is 64.2 Å². The van der Waals surface area contributed by atoms with Crippen LogP contribution in [0.25, 0.3) is 0 Å². The van der Waals surface area contributed by atoms with E-state index in [1.165, 1.54) is 12.1 Å². The summed E-state index contributed by atoms with van der Waals surface area (Å²) in [5.74, 6) is 0.148. The van der Waals surface area contributed by atoms with Gasteiger partial charge in [0.1, 0.15) is 0 Å². The molecule has 0 saturated carbocycles. The zero-order chi connectivity index (χ0) is 21.0. The minimum absolute atomic E-state index is 0.0735. The Bertz CT molecular complexity index is 934. The fourth-order valence-corrected chi connectivity index (χ4v) is 4.92. The summed E-state index contributed by atoms with van der Waals surface area (Å²) in [5, 5.41) is 10.8. The molecule has 7 nitrogen and oxygen atoms in total. The van der Waals surface area contributed by atoms with E-state index in [0.29, 0.717) is 6.42 Å². The lowest BCUT2D eigenvalue weighted by Gasteiger charge is -2.36. The number of nitro groups is 1. The van der Waals surface area contributed by atoms with Gasteiger partial charge in [-0.2, -0.15) is 8.42 Å². The molecule has 1 aliphatic rings. The number of benzene rings is 2. The maximum Gasteiger partial charge on any atom is 0.297 e. The molecular formula is C21H26N2O5S. The average Bonchev–Trinajstić information content (AvgIpc) is 2.72. The van der Waals surface area contributed by atoms with Crippen molar-refractivity contribution in [1.29, 1.82) is 0 Å². The standard InChI is InChI=1S/C21H26N2O5S/c1-3-21(28-29(26,27)20-10-4-16(2)5-11-20)17-12-14-22(15-13-17)18-6-8-19(9-7-18)23(24)25/h4-11,17,21H,3,12-15H2,1-2H3. The van der Waals surface area contributed by atoms with Crippen molar-refractivity contribution in [3.63, 3.8) is 0 Å². The van der Waals surface area contributed by atoms with Crippen LogP contribution in [-0.2, 0) is 14.3 Å². The largest absolute Gasteiger partial charge is 0.372 e. The van der Waals surface area contributed by atoms with E-state index in [4.69, 9.17) is 4.18 Å². The number of hydrogen-bond acceptors (Lipinski definition) is 6. The van der Waals surface area contributed by atoms with E-state index < -0.39 is 15.0 Å². The molecule has 0 bridgehead atoms. The van der Waals surface area contributed by atoms with Gasteiger partial charge in [0, 0.05) is 30.9 Å². The van der Waals surface area contributed by atoms with Crippen LogP contribution in [0.3, 0.4) is 0 Å². The first-order valence-corrected chi connectivity index (χ1v) is 11.2. The first-order chi connectivity index (χ1) is 13.8. The van der Waals surface area contributed by atoms with Crippen molar-refractivity contribution in [2.45, 2.75) is 44.1 Å². The number of anilines is 1. The number of nitro benzene ring substituents is 1. The third kappa shape index (κ3) is 5.13. The van der Waals surface area contributed by atoms with Crippen molar-refractivity contribution in [1.82, 2.24) is 0 Å². The van der Waals surface area contributed by atoms with Crippen molar-refractivity contribution < 1.29 is 17.5 Å². The van der Waals surface area contributed by atoms with Gasteiger partial charge in [0.05, 0.1) is 15.9 Å². The quantitative estimate of drug-likeness (QED) is 0.378. The molecule has 0 amide bonds. The van der Waals surface area contributed by atoms with Crippen LogP contribution >= 0.6 is 0 Å². The second kappa shape index (κ2) is 8.92. The van der Waals surface area contributed by atoms with Crippen LogP contribution in [0.15, 0.2) is 53.4 Å². The molecule has 2 aromatic rings. The fraction of sp³-hybridized carbons (Fsp3) is 0.429. The summed E-state index contributed by atoms with van der Waals surface area (Å²) in [6.45, 7) is 5.36. The highest BCUT2D eigenvalue weighted by molar-refractivity contribution is 7.86. The summed E-state index contributed by atoms with van der Waals surface area (Å²) in [6.07, 6.45) is 1.87. The normalized spacial score (nSPS) is 16.6. The first kappa shape index (κ1) is 21.3. The van der Waals surface area contributed by atoms with Gasteiger partial charge >= 0.3 is 0 Å². The van der Waals surface area contributed by atoms with Crippen LogP contribution < -0.4 is 4.90 Å². The summed E-state index contributed by atoms with van der Waals surface area (Å²) in [6, 6.07) is 13.2. The summed E-state index contributed by atoms with van der Waals surface area (Å²) in [5.41, 5.74) is 2.01. The van der Waals surface area contributed by atoms with Gasteiger partial charge in [0.2, 0.25) is 0 Å². The number of aryl methyl sites for hydroxylation is 1. The lowest BCUT2D eigenvalue weighted by atomic mass is 9.90. The Hall–Kier alpha value is -2.45. The number of hydrogen-bond donors (Lipinski definition) is 0.